The van der Waals surface area contributed by atoms with Crippen LogP contribution in [0.15, 0.2) is 67.0 Å². The number of rotatable bonds is 7. The molecule has 6 heteroatoms. The van der Waals surface area contributed by atoms with E-state index in [9.17, 15) is 4.79 Å². The van der Waals surface area contributed by atoms with E-state index in [-0.39, 0.29) is 5.91 Å². The minimum Gasteiger partial charge on any atom is -0.455 e. The number of para-hydroxylation sites is 2. The van der Waals surface area contributed by atoms with Crippen LogP contribution in [0.3, 0.4) is 0 Å². The molecule has 0 saturated carbocycles. The fourth-order valence-electron chi connectivity index (χ4n) is 4.01. The molecule has 32 heavy (non-hydrogen) atoms. The fourth-order valence-corrected chi connectivity index (χ4v) is 4.01. The van der Waals surface area contributed by atoms with Gasteiger partial charge in [0.1, 0.15) is 11.5 Å². The number of aryl methyl sites for hydroxylation is 2. The first-order valence-electron chi connectivity index (χ1n) is 11.0. The van der Waals surface area contributed by atoms with Crippen LogP contribution < -0.4 is 10.1 Å². The molecule has 0 spiro atoms. The van der Waals surface area contributed by atoms with E-state index in [1.54, 1.807) is 12.4 Å². The Morgan fingerprint density at radius 3 is 2.38 bits per heavy atom. The molecule has 1 aliphatic rings. The number of piperazine rings is 1. The number of benzene rings is 2. The molecular weight excluding hydrogens is 400 g/mol. The van der Waals surface area contributed by atoms with Crippen LogP contribution in [-0.2, 0) is 11.3 Å². The molecule has 6 nitrogen and oxygen atoms in total. The van der Waals surface area contributed by atoms with Crippen molar-refractivity contribution in [1.82, 2.24) is 14.8 Å². The van der Waals surface area contributed by atoms with Crippen molar-refractivity contribution in [3.8, 4) is 11.5 Å². The summed E-state index contributed by atoms with van der Waals surface area (Å²) in [5, 5.41) is 3.09. The number of pyridine rings is 1. The average molecular weight is 431 g/mol. The number of hydrogen-bond acceptors (Lipinski definition) is 5. The number of anilines is 1. The zero-order chi connectivity index (χ0) is 22.3. The van der Waals surface area contributed by atoms with Crippen LogP contribution in [0, 0.1) is 13.8 Å². The molecule has 1 amide bonds. The predicted octanol–water partition coefficient (Wildman–Crippen LogP) is 4.25. The lowest BCUT2D eigenvalue weighted by Crippen LogP contribution is -2.48. The summed E-state index contributed by atoms with van der Waals surface area (Å²) in [4.78, 5) is 21.3. The van der Waals surface area contributed by atoms with Gasteiger partial charge < -0.3 is 10.1 Å². The molecule has 166 valence electrons. The monoisotopic (exact) mass is 430 g/mol. The van der Waals surface area contributed by atoms with Gasteiger partial charge in [0.25, 0.3) is 0 Å². The van der Waals surface area contributed by atoms with Crippen LogP contribution in [0.1, 0.15) is 16.7 Å². The van der Waals surface area contributed by atoms with Gasteiger partial charge in [-0.3, -0.25) is 19.6 Å². The first kappa shape index (κ1) is 22.0. The first-order chi connectivity index (χ1) is 15.6. The van der Waals surface area contributed by atoms with E-state index in [0.29, 0.717) is 6.54 Å². The number of carbonyl (C=O) groups excluding carboxylic acids is 1. The van der Waals surface area contributed by atoms with Gasteiger partial charge in [-0.25, -0.2) is 0 Å². The quantitative estimate of drug-likeness (QED) is 0.607. The largest absolute Gasteiger partial charge is 0.455 e. The second-order valence-corrected chi connectivity index (χ2v) is 8.27. The van der Waals surface area contributed by atoms with Crippen molar-refractivity contribution in [3.05, 3.63) is 83.7 Å². The summed E-state index contributed by atoms with van der Waals surface area (Å²) in [6.07, 6.45) is 3.46. The van der Waals surface area contributed by atoms with Crippen molar-refractivity contribution < 1.29 is 9.53 Å². The molecule has 1 fully saturated rings. The molecule has 2 aromatic carbocycles. The summed E-state index contributed by atoms with van der Waals surface area (Å²) in [7, 11) is 0. The van der Waals surface area contributed by atoms with Crippen LogP contribution in [0.25, 0.3) is 0 Å². The molecule has 4 rings (SSSR count). The van der Waals surface area contributed by atoms with Crippen molar-refractivity contribution in [3.63, 3.8) is 0 Å². The molecule has 0 unspecified atom stereocenters. The topological polar surface area (TPSA) is 57.7 Å². The van der Waals surface area contributed by atoms with E-state index in [2.05, 4.69) is 26.2 Å². The highest BCUT2D eigenvalue weighted by Crippen LogP contribution is 2.26. The van der Waals surface area contributed by atoms with Gasteiger partial charge in [0.15, 0.2) is 0 Å². The molecule has 1 aromatic heterocycles. The third kappa shape index (κ3) is 5.72. The molecule has 1 N–H and O–H groups in total. The zero-order valence-electron chi connectivity index (χ0n) is 18.8. The van der Waals surface area contributed by atoms with Gasteiger partial charge in [0.05, 0.1) is 12.7 Å². The van der Waals surface area contributed by atoms with E-state index in [1.165, 1.54) is 0 Å². The summed E-state index contributed by atoms with van der Waals surface area (Å²) in [5.74, 6) is 1.64. The highest BCUT2D eigenvalue weighted by Gasteiger charge is 2.20. The van der Waals surface area contributed by atoms with Crippen LogP contribution in [0.2, 0.25) is 0 Å². The SMILES string of the molecule is Cc1cccc(C)c1NC(=O)CN1CCN(Cc2ccccc2Oc2cccnc2)CC1. The van der Waals surface area contributed by atoms with Crippen molar-refractivity contribution in [2.24, 2.45) is 0 Å². The molecule has 1 saturated heterocycles. The Hall–Kier alpha value is -3.22. The van der Waals surface area contributed by atoms with E-state index in [0.717, 1.165) is 66.6 Å². The Morgan fingerprint density at radius 1 is 0.938 bits per heavy atom. The highest BCUT2D eigenvalue weighted by atomic mass is 16.5. The third-order valence-electron chi connectivity index (χ3n) is 5.81. The lowest BCUT2D eigenvalue weighted by Gasteiger charge is -2.34. The van der Waals surface area contributed by atoms with Crippen molar-refractivity contribution in [1.29, 1.82) is 0 Å². The van der Waals surface area contributed by atoms with Crippen LogP contribution in [0.4, 0.5) is 5.69 Å². The van der Waals surface area contributed by atoms with Crippen LogP contribution >= 0.6 is 0 Å². The molecule has 3 aromatic rings. The molecule has 0 aliphatic carbocycles. The Balaban J connectivity index is 1.29. The van der Waals surface area contributed by atoms with Gasteiger partial charge in [0, 0.05) is 50.2 Å². The van der Waals surface area contributed by atoms with Crippen molar-refractivity contribution in [2.75, 3.05) is 38.0 Å². The normalized spacial score (nSPS) is 14.8. The molecule has 0 atom stereocenters. The number of nitrogens with zero attached hydrogens (tertiary/aromatic N) is 3. The second kappa shape index (κ2) is 10.4. The predicted molar refractivity (Wildman–Crippen MR) is 127 cm³/mol. The maximum atomic E-state index is 12.6. The summed E-state index contributed by atoms with van der Waals surface area (Å²) in [5.41, 5.74) is 4.27. The van der Waals surface area contributed by atoms with E-state index >= 15 is 0 Å². The van der Waals surface area contributed by atoms with Crippen molar-refractivity contribution in [2.45, 2.75) is 20.4 Å². The lowest BCUT2D eigenvalue weighted by molar-refractivity contribution is -0.117. The van der Waals surface area contributed by atoms with Gasteiger partial charge in [-0.2, -0.15) is 0 Å². The Kier molecular flexibility index (Phi) is 7.14. The zero-order valence-corrected chi connectivity index (χ0v) is 18.8. The molecule has 0 radical (unpaired) electrons. The van der Waals surface area contributed by atoms with Crippen LogP contribution in [-0.4, -0.2) is 53.4 Å². The summed E-state index contributed by atoms with van der Waals surface area (Å²) >= 11 is 0. The molecule has 0 bridgehead atoms. The van der Waals surface area contributed by atoms with Gasteiger partial charge in [-0.15, -0.1) is 0 Å². The molecular formula is C26H30N4O2. The lowest BCUT2D eigenvalue weighted by atomic mass is 10.1. The Labute approximate surface area is 189 Å². The van der Waals surface area contributed by atoms with Gasteiger partial charge in [-0.1, -0.05) is 36.4 Å². The second-order valence-electron chi connectivity index (χ2n) is 8.27. The number of hydrogen-bond donors (Lipinski definition) is 1. The van der Waals surface area contributed by atoms with Gasteiger partial charge in [0.2, 0.25) is 5.91 Å². The average Bonchev–Trinajstić information content (AvgIpc) is 2.80. The summed E-state index contributed by atoms with van der Waals surface area (Å²) in [6.45, 7) is 8.85. The first-order valence-corrected chi connectivity index (χ1v) is 11.0. The fraction of sp³-hybridized carbons (Fsp3) is 0.308. The number of amides is 1. The van der Waals surface area contributed by atoms with E-state index < -0.39 is 0 Å². The standard InChI is InChI=1S/C26H30N4O2/c1-20-7-5-8-21(2)26(20)28-25(31)19-30-15-13-29(14-16-30)18-22-9-3-4-11-24(22)32-23-10-6-12-27-17-23/h3-12,17H,13-16,18-19H2,1-2H3,(H,28,31). The highest BCUT2D eigenvalue weighted by molar-refractivity contribution is 5.93. The number of carbonyl (C=O) groups is 1. The van der Waals surface area contributed by atoms with Crippen LogP contribution in [0.5, 0.6) is 11.5 Å². The molecule has 1 aliphatic heterocycles. The number of ether oxygens (including phenoxy) is 1. The van der Waals surface area contributed by atoms with Crippen molar-refractivity contribution >= 4 is 11.6 Å². The maximum absolute atomic E-state index is 12.6. The number of aromatic nitrogens is 1. The summed E-state index contributed by atoms with van der Waals surface area (Å²) in [6, 6.07) is 18.0. The van der Waals surface area contributed by atoms with E-state index in [1.807, 2.05) is 62.4 Å². The number of nitrogens with one attached hydrogen (secondary N) is 1. The Morgan fingerprint density at radius 2 is 1.66 bits per heavy atom. The molecule has 2 heterocycles. The summed E-state index contributed by atoms with van der Waals surface area (Å²) < 4.78 is 6.05. The minimum absolute atomic E-state index is 0.0473. The smallest absolute Gasteiger partial charge is 0.238 e. The Bertz CT molecular complexity index is 1030. The van der Waals surface area contributed by atoms with Gasteiger partial charge in [-0.05, 0) is 43.2 Å². The van der Waals surface area contributed by atoms with Gasteiger partial charge >= 0.3 is 0 Å². The van der Waals surface area contributed by atoms with E-state index in [4.69, 9.17) is 4.74 Å². The maximum Gasteiger partial charge on any atom is 0.238 e. The third-order valence-corrected chi connectivity index (χ3v) is 5.81. The minimum atomic E-state index is 0.0473.